The number of nitrogens with zero attached hydrogens (tertiary/aromatic N) is 5. The third kappa shape index (κ3) is 5.92. The highest BCUT2D eigenvalue weighted by Crippen LogP contribution is 2.33. The van der Waals surface area contributed by atoms with E-state index in [-0.39, 0.29) is 11.9 Å². The molecule has 5 rings (SSSR count). The number of hydrogen-bond acceptors (Lipinski definition) is 4. The molecule has 0 radical (unpaired) electrons. The number of aromatic nitrogens is 3. The Morgan fingerprint density at radius 2 is 1.54 bits per heavy atom. The number of rotatable bonds is 8. The lowest BCUT2D eigenvalue weighted by atomic mass is 9.99. The second-order valence-electron chi connectivity index (χ2n) is 11.0. The van der Waals surface area contributed by atoms with Gasteiger partial charge in [-0.25, -0.2) is 0 Å². The van der Waals surface area contributed by atoms with E-state index in [1.807, 2.05) is 48.9 Å². The van der Waals surface area contributed by atoms with Gasteiger partial charge < -0.3 is 9.80 Å². The van der Waals surface area contributed by atoms with E-state index in [9.17, 15) is 4.79 Å². The molecule has 0 atom stereocenters. The number of carbonyl (C=O) groups excluding carboxylic acids is 1. The van der Waals surface area contributed by atoms with Crippen LogP contribution in [0.3, 0.4) is 0 Å². The Morgan fingerprint density at radius 1 is 0.854 bits per heavy atom. The van der Waals surface area contributed by atoms with Gasteiger partial charge in [0, 0.05) is 61.2 Å². The van der Waals surface area contributed by atoms with Gasteiger partial charge in [-0.1, -0.05) is 48.5 Å². The molecule has 2 heterocycles. The van der Waals surface area contributed by atoms with Crippen molar-refractivity contribution in [1.82, 2.24) is 14.8 Å². The molecule has 6 heteroatoms. The van der Waals surface area contributed by atoms with Crippen LogP contribution >= 0.6 is 0 Å². The van der Waals surface area contributed by atoms with Crippen LogP contribution in [-0.4, -0.2) is 34.8 Å². The third-order valence-corrected chi connectivity index (χ3v) is 7.55. The van der Waals surface area contributed by atoms with E-state index in [1.165, 1.54) is 5.69 Å². The number of benzene rings is 3. The van der Waals surface area contributed by atoms with Crippen molar-refractivity contribution in [2.75, 3.05) is 23.9 Å². The molecule has 0 bridgehead atoms. The normalized spacial score (nSPS) is 11.1. The molecule has 6 nitrogen and oxygen atoms in total. The average Bonchev–Trinajstić information content (AvgIpc) is 3.47. The molecule has 0 saturated carbocycles. The van der Waals surface area contributed by atoms with Crippen LogP contribution in [0.5, 0.6) is 0 Å². The maximum atomic E-state index is 14.1. The summed E-state index contributed by atoms with van der Waals surface area (Å²) in [6.07, 6.45) is 7.39. The van der Waals surface area contributed by atoms with Gasteiger partial charge in [0.2, 0.25) is 0 Å². The number of amides is 1. The van der Waals surface area contributed by atoms with Gasteiger partial charge in [-0.15, -0.1) is 0 Å². The zero-order chi connectivity index (χ0) is 29.1. The molecule has 0 saturated heterocycles. The van der Waals surface area contributed by atoms with Crippen LogP contribution in [0.4, 0.5) is 11.4 Å². The largest absolute Gasteiger partial charge is 0.378 e. The predicted octanol–water partition coefficient (Wildman–Crippen LogP) is 7.72. The number of hydrogen-bond donors (Lipinski definition) is 0. The number of anilines is 2. The summed E-state index contributed by atoms with van der Waals surface area (Å²) in [5.74, 6) is -0.0497. The Morgan fingerprint density at radius 3 is 2.15 bits per heavy atom. The lowest BCUT2D eigenvalue weighted by Crippen LogP contribution is -2.31. The molecule has 5 aromatic rings. The fraction of sp³-hybridized carbons (Fsp3) is 0.229. The first-order valence-electron chi connectivity index (χ1n) is 14.0. The second kappa shape index (κ2) is 11.8. The molecule has 0 aliphatic heterocycles. The molecule has 0 fully saturated rings. The van der Waals surface area contributed by atoms with E-state index >= 15 is 0 Å². The van der Waals surface area contributed by atoms with Crippen LogP contribution in [0, 0.1) is 13.8 Å². The first kappa shape index (κ1) is 27.8. The molecule has 41 heavy (non-hydrogen) atoms. The zero-order valence-electron chi connectivity index (χ0n) is 24.7. The summed E-state index contributed by atoms with van der Waals surface area (Å²) in [6, 6.07) is 25.2. The van der Waals surface area contributed by atoms with Crippen molar-refractivity contribution in [3.63, 3.8) is 0 Å². The average molecular weight is 544 g/mol. The maximum Gasteiger partial charge on any atom is 0.258 e. The molecular formula is C35H37N5O. The van der Waals surface area contributed by atoms with Crippen molar-refractivity contribution in [3.05, 3.63) is 120 Å². The third-order valence-electron chi connectivity index (χ3n) is 7.55. The molecule has 208 valence electrons. The van der Waals surface area contributed by atoms with Crippen molar-refractivity contribution >= 4 is 17.3 Å². The van der Waals surface area contributed by atoms with E-state index in [0.717, 1.165) is 44.6 Å². The summed E-state index contributed by atoms with van der Waals surface area (Å²) >= 11 is 0. The number of aryl methyl sites for hydroxylation is 1. The Hall–Kier alpha value is -4.71. The Kier molecular flexibility index (Phi) is 8.02. The summed E-state index contributed by atoms with van der Waals surface area (Å²) in [6.45, 7) is 8.68. The van der Waals surface area contributed by atoms with Gasteiger partial charge in [-0.3, -0.25) is 14.5 Å². The van der Waals surface area contributed by atoms with E-state index < -0.39 is 0 Å². The van der Waals surface area contributed by atoms with Gasteiger partial charge in [0.1, 0.15) is 0 Å². The van der Waals surface area contributed by atoms with Crippen LogP contribution in [0.2, 0.25) is 0 Å². The predicted molar refractivity (Wildman–Crippen MR) is 168 cm³/mol. The SMILES string of the molecule is Cc1cnccc1C(=O)N(Cc1ccc(-c2ccc(N(C)C)cc2)cc1)c1cccc(-c2cnn(C(C)C)c2)c1C. The van der Waals surface area contributed by atoms with Crippen LogP contribution in [-0.2, 0) is 6.54 Å². The van der Waals surface area contributed by atoms with Gasteiger partial charge in [-0.2, -0.15) is 5.10 Å². The fourth-order valence-electron chi connectivity index (χ4n) is 5.05. The molecule has 1 amide bonds. The van der Waals surface area contributed by atoms with Gasteiger partial charge in [0.05, 0.1) is 12.7 Å². The first-order chi connectivity index (χ1) is 19.7. The Bertz CT molecular complexity index is 1650. The van der Waals surface area contributed by atoms with Crippen molar-refractivity contribution in [2.24, 2.45) is 0 Å². The van der Waals surface area contributed by atoms with Crippen LogP contribution in [0.1, 0.15) is 46.9 Å². The Balaban J connectivity index is 1.51. The van der Waals surface area contributed by atoms with Crippen molar-refractivity contribution in [3.8, 4) is 22.3 Å². The molecule has 0 aliphatic carbocycles. The van der Waals surface area contributed by atoms with Crippen molar-refractivity contribution in [2.45, 2.75) is 40.3 Å². The molecule has 2 aromatic heterocycles. The monoisotopic (exact) mass is 543 g/mol. The minimum atomic E-state index is -0.0497. The molecule has 0 spiro atoms. The highest BCUT2D eigenvalue weighted by Gasteiger charge is 2.23. The smallest absolute Gasteiger partial charge is 0.258 e. The van der Waals surface area contributed by atoms with E-state index in [0.29, 0.717) is 12.1 Å². The van der Waals surface area contributed by atoms with Crippen LogP contribution in [0.15, 0.2) is 97.6 Å². The maximum absolute atomic E-state index is 14.1. The quantitative estimate of drug-likeness (QED) is 0.201. The van der Waals surface area contributed by atoms with Crippen molar-refractivity contribution < 1.29 is 4.79 Å². The van der Waals surface area contributed by atoms with Gasteiger partial charge in [0.25, 0.3) is 5.91 Å². The summed E-state index contributed by atoms with van der Waals surface area (Å²) in [5.41, 5.74) is 10.0. The lowest BCUT2D eigenvalue weighted by Gasteiger charge is -2.26. The minimum absolute atomic E-state index is 0.0497. The fourth-order valence-corrected chi connectivity index (χ4v) is 5.05. The molecule has 0 unspecified atom stereocenters. The van der Waals surface area contributed by atoms with Gasteiger partial charge in [-0.05, 0) is 85.3 Å². The van der Waals surface area contributed by atoms with E-state index in [2.05, 4.69) is 96.5 Å². The molecule has 0 N–H and O–H groups in total. The number of carbonyl (C=O) groups is 1. The second-order valence-corrected chi connectivity index (χ2v) is 11.0. The summed E-state index contributed by atoms with van der Waals surface area (Å²) in [4.78, 5) is 22.3. The summed E-state index contributed by atoms with van der Waals surface area (Å²) < 4.78 is 1.96. The van der Waals surface area contributed by atoms with E-state index in [4.69, 9.17) is 0 Å². The van der Waals surface area contributed by atoms with Crippen molar-refractivity contribution in [1.29, 1.82) is 0 Å². The van der Waals surface area contributed by atoms with Gasteiger partial charge in [0.15, 0.2) is 0 Å². The first-order valence-corrected chi connectivity index (χ1v) is 14.0. The summed E-state index contributed by atoms with van der Waals surface area (Å²) in [5, 5.41) is 4.54. The molecule has 3 aromatic carbocycles. The molecular weight excluding hydrogens is 506 g/mol. The van der Waals surface area contributed by atoms with Crippen LogP contribution < -0.4 is 9.80 Å². The Labute approximate surface area is 242 Å². The highest BCUT2D eigenvalue weighted by molar-refractivity contribution is 6.07. The standard InChI is InChI=1S/C35H37N5O/c1-24(2)40-23-30(21-37-40)33-8-7-9-34(26(33)4)39(35(41)32-18-19-36-20-25(32)3)22-27-10-12-28(13-11-27)29-14-16-31(17-15-29)38(5)6/h7-21,23-24H,22H2,1-6H3. The lowest BCUT2D eigenvalue weighted by molar-refractivity contribution is 0.0984. The minimum Gasteiger partial charge on any atom is -0.378 e. The van der Waals surface area contributed by atoms with Crippen LogP contribution in [0.25, 0.3) is 22.3 Å². The van der Waals surface area contributed by atoms with E-state index in [1.54, 1.807) is 18.5 Å². The number of pyridine rings is 1. The van der Waals surface area contributed by atoms with Gasteiger partial charge >= 0.3 is 0 Å². The molecule has 0 aliphatic rings. The zero-order valence-corrected chi connectivity index (χ0v) is 24.7. The summed E-state index contributed by atoms with van der Waals surface area (Å²) in [7, 11) is 4.08. The highest BCUT2D eigenvalue weighted by atomic mass is 16.2. The topological polar surface area (TPSA) is 54.3 Å².